The lowest BCUT2D eigenvalue weighted by Crippen LogP contribution is -2.34. The molecule has 0 radical (unpaired) electrons. The van der Waals surface area contributed by atoms with Gasteiger partial charge in [-0.2, -0.15) is 0 Å². The number of allylic oxidation sites excluding steroid dienone is 1. The highest BCUT2D eigenvalue weighted by atomic mass is 16.5. The molecule has 0 spiro atoms. The average molecular weight is 231 g/mol. The largest absolute Gasteiger partial charge is 0.445 e. The molecule has 1 aliphatic carbocycles. The summed E-state index contributed by atoms with van der Waals surface area (Å²) in [5, 5.41) is 2.84. The van der Waals surface area contributed by atoms with Gasteiger partial charge in [-0.25, -0.2) is 4.79 Å². The van der Waals surface area contributed by atoms with E-state index < -0.39 is 0 Å². The minimum atomic E-state index is -0.342. The van der Waals surface area contributed by atoms with E-state index in [4.69, 9.17) is 4.74 Å². The molecule has 0 aliphatic heterocycles. The Morgan fingerprint density at radius 3 is 2.88 bits per heavy atom. The van der Waals surface area contributed by atoms with E-state index in [1.165, 1.54) is 0 Å². The van der Waals surface area contributed by atoms with Gasteiger partial charge in [-0.05, 0) is 24.8 Å². The van der Waals surface area contributed by atoms with Crippen LogP contribution in [0.4, 0.5) is 4.79 Å². The maximum absolute atomic E-state index is 11.5. The molecule has 90 valence electrons. The topological polar surface area (TPSA) is 38.3 Å². The highest BCUT2D eigenvalue weighted by molar-refractivity contribution is 5.67. The SMILES string of the molecule is O=C(N[C@H]1C=CCCC1)OCc1ccccc1. The summed E-state index contributed by atoms with van der Waals surface area (Å²) in [5.41, 5.74) is 1.00. The predicted octanol–water partition coefficient (Wildman–Crippen LogP) is 3.02. The number of carbonyl (C=O) groups is 1. The zero-order valence-electron chi connectivity index (χ0n) is 9.76. The maximum atomic E-state index is 11.5. The van der Waals surface area contributed by atoms with Crippen molar-refractivity contribution in [3.63, 3.8) is 0 Å². The Kier molecular flexibility index (Phi) is 4.19. The second-order valence-corrected chi connectivity index (χ2v) is 4.17. The summed E-state index contributed by atoms with van der Waals surface area (Å²) in [6.07, 6.45) is 7.03. The first kappa shape index (κ1) is 11.7. The fourth-order valence-corrected chi connectivity index (χ4v) is 1.85. The zero-order valence-corrected chi connectivity index (χ0v) is 9.76. The van der Waals surface area contributed by atoms with E-state index in [9.17, 15) is 4.79 Å². The van der Waals surface area contributed by atoms with Crippen molar-refractivity contribution in [2.45, 2.75) is 31.9 Å². The summed E-state index contributed by atoms with van der Waals surface area (Å²) in [5.74, 6) is 0. The van der Waals surface area contributed by atoms with Gasteiger partial charge in [-0.1, -0.05) is 42.5 Å². The first-order valence-corrected chi connectivity index (χ1v) is 5.98. The average Bonchev–Trinajstić information content (AvgIpc) is 2.39. The molecule has 0 saturated carbocycles. The van der Waals surface area contributed by atoms with Crippen molar-refractivity contribution in [3.05, 3.63) is 48.0 Å². The van der Waals surface area contributed by atoms with E-state index in [2.05, 4.69) is 11.4 Å². The van der Waals surface area contributed by atoms with Crippen molar-refractivity contribution in [2.24, 2.45) is 0 Å². The first-order valence-electron chi connectivity index (χ1n) is 5.98. The van der Waals surface area contributed by atoms with Crippen LogP contribution in [-0.2, 0) is 11.3 Å². The van der Waals surface area contributed by atoms with E-state index in [0.29, 0.717) is 6.61 Å². The van der Waals surface area contributed by atoms with Crippen LogP contribution in [-0.4, -0.2) is 12.1 Å². The smallest absolute Gasteiger partial charge is 0.407 e. The highest BCUT2D eigenvalue weighted by Gasteiger charge is 2.12. The molecule has 3 nitrogen and oxygen atoms in total. The van der Waals surface area contributed by atoms with Crippen molar-refractivity contribution < 1.29 is 9.53 Å². The van der Waals surface area contributed by atoms with Crippen LogP contribution in [0.15, 0.2) is 42.5 Å². The van der Waals surface area contributed by atoms with Crippen LogP contribution in [0.25, 0.3) is 0 Å². The van der Waals surface area contributed by atoms with Crippen LogP contribution in [0.2, 0.25) is 0 Å². The second-order valence-electron chi connectivity index (χ2n) is 4.17. The van der Waals surface area contributed by atoms with Crippen LogP contribution in [0.5, 0.6) is 0 Å². The van der Waals surface area contributed by atoms with Crippen molar-refractivity contribution in [3.8, 4) is 0 Å². The zero-order chi connectivity index (χ0) is 11.9. The molecule has 0 aromatic heterocycles. The molecule has 1 atom stereocenters. The number of benzene rings is 1. The van der Waals surface area contributed by atoms with Crippen molar-refractivity contribution >= 4 is 6.09 Å². The van der Waals surface area contributed by atoms with E-state index in [1.54, 1.807) is 0 Å². The molecule has 1 aromatic carbocycles. The molecule has 0 heterocycles. The van der Waals surface area contributed by atoms with Gasteiger partial charge >= 0.3 is 6.09 Å². The molecule has 1 amide bonds. The normalized spacial score (nSPS) is 18.7. The van der Waals surface area contributed by atoms with E-state index >= 15 is 0 Å². The van der Waals surface area contributed by atoms with Crippen molar-refractivity contribution in [2.75, 3.05) is 0 Å². The fourth-order valence-electron chi connectivity index (χ4n) is 1.85. The third-order valence-electron chi connectivity index (χ3n) is 2.77. The summed E-state index contributed by atoms with van der Waals surface area (Å²) in [6, 6.07) is 9.81. The number of rotatable bonds is 3. The lowest BCUT2D eigenvalue weighted by Gasteiger charge is -2.17. The molecule has 1 N–H and O–H groups in total. The summed E-state index contributed by atoms with van der Waals surface area (Å²) in [6.45, 7) is 0.323. The van der Waals surface area contributed by atoms with E-state index in [0.717, 1.165) is 24.8 Å². The molecule has 0 fully saturated rings. The molecule has 17 heavy (non-hydrogen) atoms. The Bertz CT molecular complexity index is 386. The quantitative estimate of drug-likeness (QED) is 0.812. The van der Waals surface area contributed by atoms with Gasteiger partial charge in [0.2, 0.25) is 0 Å². The molecule has 3 heteroatoms. The number of hydrogen-bond donors (Lipinski definition) is 1. The van der Waals surface area contributed by atoms with Crippen LogP contribution in [0.3, 0.4) is 0 Å². The number of amides is 1. The lowest BCUT2D eigenvalue weighted by molar-refractivity contribution is 0.137. The monoisotopic (exact) mass is 231 g/mol. The number of carbonyl (C=O) groups excluding carboxylic acids is 1. The molecular weight excluding hydrogens is 214 g/mol. The lowest BCUT2D eigenvalue weighted by atomic mass is 10.0. The fraction of sp³-hybridized carbons (Fsp3) is 0.357. The Hall–Kier alpha value is -1.77. The molecule has 0 saturated heterocycles. The minimum absolute atomic E-state index is 0.132. The van der Waals surface area contributed by atoms with Crippen LogP contribution in [0, 0.1) is 0 Å². The first-order chi connectivity index (χ1) is 8.34. The van der Waals surface area contributed by atoms with Gasteiger partial charge in [0.25, 0.3) is 0 Å². The number of alkyl carbamates (subject to hydrolysis) is 1. The summed E-state index contributed by atoms with van der Waals surface area (Å²) in [7, 11) is 0. The van der Waals surface area contributed by atoms with Crippen molar-refractivity contribution in [1.82, 2.24) is 5.32 Å². The van der Waals surface area contributed by atoms with E-state index in [-0.39, 0.29) is 12.1 Å². The Morgan fingerprint density at radius 2 is 2.18 bits per heavy atom. The van der Waals surface area contributed by atoms with Gasteiger partial charge < -0.3 is 10.1 Å². The third kappa shape index (κ3) is 3.94. The molecule has 1 aliphatic rings. The number of nitrogens with one attached hydrogen (secondary N) is 1. The maximum Gasteiger partial charge on any atom is 0.407 e. The summed E-state index contributed by atoms with van der Waals surface area (Å²) >= 11 is 0. The molecular formula is C14H17NO2. The minimum Gasteiger partial charge on any atom is -0.445 e. The van der Waals surface area contributed by atoms with Crippen LogP contribution < -0.4 is 5.32 Å². The Balaban J connectivity index is 1.74. The molecule has 1 aromatic rings. The molecule has 0 bridgehead atoms. The van der Waals surface area contributed by atoms with Crippen LogP contribution >= 0.6 is 0 Å². The predicted molar refractivity (Wildman–Crippen MR) is 66.5 cm³/mol. The summed E-state index contributed by atoms with van der Waals surface area (Å²) in [4.78, 5) is 11.5. The standard InChI is InChI=1S/C14H17NO2/c16-14(15-13-9-5-2-6-10-13)17-11-12-7-3-1-4-8-12/h1,3-5,7-9,13H,2,6,10-11H2,(H,15,16)/t13-/m0/s1. The number of hydrogen-bond acceptors (Lipinski definition) is 2. The van der Waals surface area contributed by atoms with Gasteiger partial charge in [0.15, 0.2) is 0 Å². The van der Waals surface area contributed by atoms with Gasteiger partial charge in [0.05, 0.1) is 6.04 Å². The van der Waals surface area contributed by atoms with Gasteiger partial charge in [0, 0.05) is 0 Å². The van der Waals surface area contributed by atoms with Crippen LogP contribution in [0.1, 0.15) is 24.8 Å². The molecule has 0 unspecified atom stereocenters. The van der Waals surface area contributed by atoms with Gasteiger partial charge in [0.1, 0.15) is 6.61 Å². The van der Waals surface area contributed by atoms with Gasteiger partial charge in [-0.15, -0.1) is 0 Å². The number of ether oxygens (including phenoxy) is 1. The Morgan fingerprint density at radius 1 is 1.35 bits per heavy atom. The highest BCUT2D eigenvalue weighted by Crippen LogP contribution is 2.10. The van der Waals surface area contributed by atoms with E-state index in [1.807, 2.05) is 36.4 Å². The summed E-state index contributed by atoms with van der Waals surface area (Å²) < 4.78 is 5.15. The Labute approximate surface area is 101 Å². The molecule has 2 rings (SSSR count). The second kappa shape index (κ2) is 6.09. The van der Waals surface area contributed by atoms with Crippen molar-refractivity contribution in [1.29, 1.82) is 0 Å². The van der Waals surface area contributed by atoms with Gasteiger partial charge in [-0.3, -0.25) is 0 Å². The third-order valence-corrected chi connectivity index (χ3v) is 2.77.